The number of hydrogen-bond acceptors (Lipinski definition) is 3. The van der Waals surface area contributed by atoms with Gasteiger partial charge in [-0.15, -0.1) is 11.6 Å². The topological polar surface area (TPSA) is 54.4 Å². The zero-order chi connectivity index (χ0) is 7.65. The molecule has 2 atom stereocenters. The monoisotopic (exact) mass is 172 g/mol. The molecule has 0 aromatic heterocycles. The molecular formula is C4H9ClO3S. The lowest BCUT2D eigenvalue weighted by molar-refractivity contribution is 0.208. The van der Waals surface area contributed by atoms with Crippen LogP contribution < -0.4 is 0 Å². The van der Waals surface area contributed by atoms with Gasteiger partial charge in [0.05, 0.1) is 6.10 Å². The molecule has 56 valence electrons. The third kappa shape index (κ3) is 3.03. The van der Waals surface area contributed by atoms with Crippen molar-refractivity contribution >= 4 is 21.4 Å². The highest BCUT2D eigenvalue weighted by atomic mass is 35.5. The molecule has 0 bridgehead atoms. The fourth-order valence-electron chi connectivity index (χ4n) is 0.358. The number of rotatable bonds is 2. The molecule has 0 aliphatic heterocycles. The molecule has 0 aromatic rings. The second-order valence-electron chi connectivity index (χ2n) is 1.92. The molecule has 0 aromatic carbocycles. The van der Waals surface area contributed by atoms with Crippen molar-refractivity contribution < 1.29 is 13.5 Å². The lowest BCUT2D eigenvalue weighted by Crippen LogP contribution is -2.25. The molecular weight excluding hydrogens is 164 g/mol. The number of sulfone groups is 1. The smallest absolute Gasteiger partial charge is 0.166 e. The Labute approximate surface area is 59.6 Å². The average molecular weight is 173 g/mol. The van der Waals surface area contributed by atoms with Crippen LogP contribution in [0.25, 0.3) is 0 Å². The van der Waals surface area contributed by atoms with Crippen LogP contribution in [-0.2, 0) is 9.84 Å². The standard InChI is InChI=1S/C4H9ClO3S/c1-3(6)4(5)9(2,7)8/h3-4,6H,1-2H3/t3-,4-/m1/s1. The highest BCUT2D eigenvalue weighted by molar-refractivity contribution is 7.92. The molecule has 0 saturated heterocycles. The minimum atomic E-state index is -3.29. The number of alkyl halides is 1. The fraction of sp³-hybridized carbons (Fsp3) is 1.00. The van der Waals surface area contributed by atoms with E-state index in [1.165, 1.54) is 6.92 Å². The third-order valence-electron chi connectivity index (χ3n) is 0.788. The van der Waals surface area contributed by atoms with E-state index in [4.69, 9.17) is 16.7 Å². The van der Waals surface area contributed by atoms with Crippen molar-refractivity contribution in [2.75, 3.05) is 6.26 Å². The number of aliphatic hydroxyl groups excluding tert-OH is 1. The maximum atomic E-state index is 10.5. The number of aliphatic hydroxyl groups is 1. The van der Waals surface area contributed by atoms with Crippen LogP contribution in [-0.4, -0.2) is 30.6 Å². The van der Waals surface area contributed by atoms with Crippen LogP contribution in [0.2, 0.25) is 0 Å². The van der Waals surface area contributed by atoms with Crippen LogP contribution in [0.4, 0.5) is 0 Å². The Bertz CT molecular complexity index is 172. The van der Waals surface area contributed by atoms with E-state index in [0.717, 1.165) is 6.26 Å². The SMILES string of the molecule is C[C@@H](O)[C@H](Cl)S(C)(=O)=O. The predicted octanol–water partition coefficient (Wildman–Crippen LogP) is -0.0233. The molecule has 3 nitrogen and oxygen atoms in total. The van der Waals surface area contributed by atoms with Crippen LogP contribution in [0.1, 0.15) is 6.92 Å². The zero-order valence-corrected chi connectivity index (χ0v) is 6.78. The van der Waals surface area contributed by atoms with E-state index in [-0.39, 0.29) is 0 Å². The Balaban J connectivity index is 4.24. The van der Waals surface area contributed by atoms with E-state index in [2.05, 4.69) is 0 Å². The molecule has 1 N–H and O–H groups in total. The van der Waals surface area contributed by atoms with Gasteiger partial charge in [-0.1, -0.05) is 0 Å². The van der Waals surface area contributed by atoms with Crippen LogP contribution >= 0.6 is 11.6 Å². The predicted molar refractivity (Wildman–Crippen MR) is 36.2 cm³/mol. The van der Waals surface area contributed by atoms with E-state index in [1.807, 2.05) is 0 Å². The molecule has 0 fully saturated rings. The Kier molecular flexibility index (Phi) is 2.92. The van der Waals surface area contributed by atoms with Gasteiger partial charge < -0.3 is 5.11 Å². The summed E-state index contributed by atoms with van der Waals surface area (Å²) in [4.78, 5) is 0. The Morgan fingerprint density at radius 2 is 1.89 bits per heavy atom. The average Bonchev–Trinajstić information content (AvgIpc) is 1.62. The highest BCUT2D eigenvalue weighted by Crippen LogP contribution is 2.08. The minimum absolute atomic E-state index is 0.984. The molecule has 0 aliphatic rings. The van der Waals surface area contributed by atoms with Gasteiger partial charge in [0.15, 0.2) is 14.5 Å². The second kappa shape index (κ2) is 2.86. The molecule has 0 rings (SSSR count). The first-order valence-corrected chi connectivity index (χ1v) is 4.76. The normalized spacial score (nSPS) is 19.1. The van der Waals surface area contributed by atoms with Gasteiger partial charge >= 0.3 is 0 Å². The molecule has 0 spiro atoms. The summed E-state index contributed by atoms with van der Waals surface area (Å²) in [7, 11) is -3.29. The van der Waals surface area contributed by atoms with Gasteiger partial charge in [-0.3, -0.25) is 0 Å². The van der Waals surface area contributed by atoms with Crippen LogP contribution in [0, 0.1) is 0 Å². The van der Waals surface area contributed by atoms with Crippen LogP contribution in [0.3, 0.4) is 0 Å². The van der Waals surface area contributed by atoms with Crippen molar-refractivity contribution in [3.8, 4) is 0 Å². The molecule has 0 unspecified atom stereocenters. The van der Waals surface area contributed by atoms with Gasteiger partial charge in [-0.25, -0.2) is 8.42 Å². The van der Waals surface area contributed by atoms with Crippen LogP contribution in [0.5, 0.6) is 0 Å². The van der Waals surface area contributed by atoms with Crippen molar-refractivity contribution in [1.29, 1.82) is 0 Å². The van der Waals surface area contributed by atoms with Crippen molar-refractivity contribution in [3.05, 3.63) is 0 Å². The molecule has 0 aliphatic carbocycles. The van der Waals surface area contributed by atoms with Gasteiger partial charge in [0.2, 0.25) is 0 Å². The second-order valence-corrected chi connectivity index (χ2v) is 4.82. The first kappa shape index (κ1) is 9.20. The first-order valence-electron chi connectivity index (χ1n) is 2.36. The Morgan fingerprint density at radius 3 is 1.89 bits per heavy atom. The Hall–Kier alpha value is 0.200. The van der Waals surface area contributed by atoms with Crippen molar-refractivity contribution in [2.45, 2.75) is 17.7 Å². The van der Waals surface area contributed by atoms with Crippen molar-refractivity contribution in [3.63, 3.8) is 0 Å². The number of hydrogen-bond donors (Lipinski definition) is 1. The largest absolute Gasteiger partial charge is 0.391 e. The summed E-state index contributed by atoms with van der Waals surface area (Å²) in [6, 6.07) is 0. The van der Waals surface area contributed by atoms with E-state index in [0.29, 0.717) is 0 Å². The van der Waals surface area contributed by atoms with Gasteiger partial charge in [-0.2, -0.15) is 0 Å². The Morgan fingerprint density at radius 1 is 1.56 bits per heavy atom. The minimum Gasteiger partial charge on any atom is -0.391 e. The van der Waals surface area contributed by atoms with Crippen LogP contribution in [0.15, 0.2) is 0 Å². The summed E-state index contributed by atoms with van der Waals surface area (Å²) in [6.45, 7) is 1.33. The number of halogens is 1. The van der Waals surface area contributed by atoms with E-state index in [9.17, 15) is 8.42 Å². The van der Waals surface area contributed by atoms with Crippen molar-refractivity contribution in [1.82, 2.24) is 0 Å². The molecule has 9 heavy (non-hydrogen) atoms. The summed E-state index contributed by atoms with van der Waals surface area (Å²) in [5.74, 6) is 0. The van der Waals surface area contributed by atoms with Gasteiger partial charge in [0.25, 0.3) is 0 Å². The maximum Gasteiger partial charge on any atom is 0.166 e. The maximum absolute atomic E-state index is 10.5. The van der Waals surface area contributed by atoms with Gasteiger partial charge in [0.1, 0.15) is 0 Å². The van der Waals surface area contributed by atoms with Gasteiger partial charge in [-0.05, 0) is 6.92 Å². The first-order chi connectivity index (χ1) is 3.85. The summed E-state index contributed by atoms with van der Waals surface area (Å²) < 4.78 is 19.8. The quantitative estimate of drug-likeness (QED) is 0.596. The van der Waals surface area contributed by atoms with Crippen molar-refractivity contribution in [2.24, 2.45) is 0 Å². The summed E-state index contributed by atoms with van der Waals surface area (Å²) in [5.41, 5.74) is 0. The summed E-state index contributed by atoms with van der Waals surface area (Å²) in [5, 5.41) is 8.65. The highest BCUT2D eigenvalue weighted by Gasteiger charge is 2.22. The summed E-state index contributed by atoms with van der Waals surface area (Å²) in [6.07, 6.45) is -0.0288. The van der Waals surface area contributed by atoms with E-state index >= 15 is 0 Å². The lowest BCUT2D eigenvalue weighted by Gasteiger charge is -2.08. The molecule has 0 heterocycles. The molecule has 0 radical (unpaired) electrons. The van der Waals surface area contributed by atoms with E-state index < -0.39 is 20.7 Å². The zero-order valence-electron chi connectivity index (χ0n) is 5.20. The lowest BCUT2D eigenvalue weighted by atomic mass is 10.5. The summed E-state index contributed by atoms with van der Waals surface area (Å²) >= 11 is 5.25. The fourth-order valence-corrected chi connectivity index (χ4v) is 1.07. The molecule has 0 saturated carbocycles. The third-order valence-corrected chi connectivity index (χ3v) is 3.34. The molecule has 5 heteroatoms. The molecule has 0 amide bonds. The van der Waals surface area contributed by atoms with E-state index in [1.54, 1.807) is 0 Å². The van der Waals surface area contributed by atoms with Gasteiger partial charge in [0, 0.05) is 6.26 Å².